The summed E-state index contributed by atoms with van der Waals surface area (Å²) < 4.78 is 24.5. The fraction of sp³-hybridized carbons (Fsp3) is 0.793. The summed E-state index contributed by atoms with van der Waals surface area (Å²) in [6.07, 6.45) is 10.6. The molecule has 0 spiro atoms. The molecule has 0 radical (unpaired) electrons. The predicted octanol–water partition coefficient (Wildman–Crippen LogP) is 5.66. The first-order valence-electron chi connectivity index (χ1n) is 13.9. The van der Waals surface area contributed by atoms with Crippen LogP contribution < -0.4 is 0 Å². The SMILES string of the molecule is CCCCCCCCCCCCO[C@H]1O[C@H]([C@@H](O)CN(C)Cc2ccccc2)[C@@H]2OC(C)(C)O[C@H]12. The Morgan fingerprint density at radius 3 is 2.17 bits per heavy atom. The number of rotatable bonds is 17. The van der Waals surface area contributed by atoms with Crippen molar-refractivity contribution in [2.45, 2.75) is 128 Å². The minimum atomic E-state index is -0.703. The fourth-order valence-electron chi connectivity index (χ4n) is 5.21. The number of unbranched alkanes of at least 4 members (excludes halogenated alkanes) is 9. The summed E-state index contributed by atoms with van der Waals surface area (Å²) >= 11 is 0. The molecule has 2 saturated heterocycles. The molecule has 200 valence electrons. The van der Waals surface area contributed by atoms with Gasteiger partial charge < -0.3 is 24.1 Å². The highest BCUT2D eigenvalue weighted by Crippen LogP contribution is 2.40. The van der Waals surface area contributed by atoms with Gasteiger partial charge in [-0.05, 0) is 32.9 Å². The second kappa shape index (κ2) is 14.7. The lowest BCUT2D eigenvalue weighted by molar-refractivity contribution is -0.243. The highest BCUT2D eigenvalue weighted by atomic mass is 16.8. The van der Waals surface area contributed by atoms with E-state index in [4.69, 9.17) is 18.9 Å². The maximum absolute atomic E-state index is 11.0. The second-order valence-corrected chi connectivity index (χ2v) is 10.8. The molecule has 35 heavy (non-hydrogen) atoms. The van der Waals surface area contributed by atoms with Crippen molar-refractivity contribution < 1.29 is 24.1 Å². The molecule has 6 nitrogen and oxygen atoms in total. The molecule has 0 unspecified atom stereocenters. The Labute approximate surface area is 213 Å². The van der Waals surface area contributed by atoms with E-state index >= 15 is 0 Å². The number of aliphatic hydroxyl groups excluding tert-OH is 1. The highest BCUT2D eigenvalue weighted by Gasteiger charge is 2.57. The Kier molecular flexibility index (Phi) is 12.0. The van der Waals surface area contributed by atoms with Crippen molar-refractivity contribution >= 4 is 0 Å². The molecule has 1 aromatic carbocycles. The molecule has 5 atom stereocenters. The lowest BCUT2D eigenvalue weighted by atomic mass is 10.1. The molecule has 6 heteroatoms. The Bertz CT molecular complexity index is 700. The van der Waals surface area contributed by atoms with Crippen LogP contribution in [-0.2, 0) is 25.5 Å². The van der Waals surface area contributed by atoms with Gasteiger partial charge in [0.25, 0.3) is 0 Å². The fourth-order valence-corrected chi connectivity index (χ4v) is 5.21. The zero-order valence-corrected chi connectivity index (χ0v) is 22.5. The van der Waals surface area contributed by atoms with Crippen molar-refractivity contribution in [2.75, 3.05) is 20.2 Å². The number of hydrogen-bond acceptors (Lipinski definition) is 6. The summed E-state index contributed by atoms with van der Waals surface area (Å²) in [6, 6.07) is 10.3. The van der Waals surface area contributed by atoms with Crippen LogP contribution in [0.5, 0.6) is 0 Å². The average molecular weight is 492 g/mol. The molecule has 2 heterocycles. The van der Waals surface area contributed by atoms with Crippen LogP contribution >= 0.6 is 0 Å². The van der Waals surface area contributed by atoms with E-state index in [1.807, 2.05) is 39.1 Å². The van der Waals surface area contributed by atoms with E-state index in [0.717, 1.165) is 13.0 Å². The van der Waals surface area contributed by atoms with E-state index in [1.54, 1.807) is 0 Å². The standard InChI is InChI=1S/C29H49NO5/c1-5-6-7-8-9-10-11-12-13-17-20-32-28-27-26(34-29(2,3)35-27)25(33-28)24(31)22-30(4)21-23-18-15-14-16-19-23/h14-16,18-19,24-28,31H,5-13,17,20-22H2,1-4H3/t24-,25+,26-,27-,28-/m0/s1. The van der Waals surface area contributed by atoms with Gasteiger partial charge in [0.15, 0.2) is 12.1 Å². The number of ether oxygens (including phenoxy) is 4. The minimum absolute atomic E-state index is 0.313. The minimum Gasteiger partial charge on any atom is -0.389 e. The van der Waals surface area contributed by atoms with Crippen molar-refractivity contribution in [1.29, 1.82) is 0 Å². The first-order valence-corrected chi connectivity index (χ1v) is 13.9. The zero-order valence-electron chi connectivity index (χ0n) is 22.5. The number of nitrogens with zero attached hydrogens (tertiary/aromatic N) is 1. The Balaban J connectivity index is 1.38. The molecule has 1 aromatic rings. The topological polar surface area (TPSA) is 60.4 Å². The van der Waals surface area contributed by atoms with Crippen molar-refractivity contribution in [1.82, 2.24) is 4.90 Å². The van der Waals surface area contributed by atoms with Gasteiger partial charge in [-0.1, -0.05) is 95.0 Å². The highest BCUT2D eigenvalue weighted by molar-refractivity contribution is 5.14. The van der Waals surface area contributed by atoms with Crippen molar-refractivity contribution in [3.63, 3.8) is 0 Å². The van der Waals surface area contributed by atoms with Crippen LogP contribution in [0.3, 0.4) is 0 Å². The Morgan fingerprint density at radius 1 is 0.914 bits per heavy atom. The second-order valence-electron chi connectivity index (χ2n) is 10.8. The molecule has 2 aliphatic rings. The molecule has 2 fully saturated rings. The molecule has 0 amide bonds. The van der Waals surface area contributed by atoms with Crippen LogP contribution in [0.1, 0.15) is 90.5 Å². The smallest absolute Gasteiger partial charge is 0.187 e. The van der Waals surface area contributed by atoms with Gasteiger partial charge in [0.1, 0.15) is 18.3 Å². The maximum atomic E-state index is 11.0. The number of likely N-dealkylation sites (N-methyl/N-ethyl adjacent to an activating group) is 1. The van der Waals surface area contributed by atoms with Crippen molar-refractivity contribution in [3.8, 4) is 0 Å². The first-order chi connectivity index (χ1) is 16.9. The largest absolute Gasteiger partial charge is 0.389 e. The molecule has 2 aliphatic heterocycles. The molecular weight excluding hydrogens is 442 g/mol. The van der Waals surface area contributed by atoms with Crippen LogP contribution in [0, 0.1) is 0 Å². The van der Waals surface area contributed by atoms with E-state index < -0.39 is 24.3 Å². The van der Waals surface area contributed by atoms with Gasteiger partial charge >= 0.3 is 0 Å². The summed E-state index contributed by atoms with van der Waals surface area (Å²) in [5.74, 6) is -0.703. The van der Waals surface area contributed by atoms with E-state index in [-0.39, 0.29) is 12.2 Å². The quantitative estimate of drug-likeness (QED) is 0.284. The van der Waals surface area contributed by atoms with E-state index in [2.05, 4.69) is 24.0 Å². The number of aliphatic hydroxyl groups is 1. The molecule has 0 saturated carbocycles. The number of benzene rings is 1. The van der Waals surface area contributed by atoms with Crippen LogP contribution in [0.15, 0.2) is 30.3 Å². The lowest BCUT2D eigenvalue weighted by Crippen LogP contribution is -2.44. The van der Waals surface area contributed by atoms with Gasteiger partial charge in [-0.3, -0.25) is 4.90 Å². The number of hydrogen-bond donors (Lipinski definition) is 1. The van der Waals surface area contributed by atoms with Crippen molar-refractivity contribution in [3.05, 3.63) is 35.9 Å². The summed E-state index contributed by atoms with van der Waals surface area (Å²) in [4.78, 5) is 2.11. The van der Waals surface area contributed by atoms with Crippen LogP contribution in [0.25, 0.3) is 0 Å². The first kappa shape index (κ1) is 28.5. The zero-order chi connectivity index (χ0) is 25.1. The third-order valence-corrected chi connectivity index (χ3v) is 7.00. The molecule has 3 rings (SSSR count). The molecule has 0 bridgehead atoms. The van der Waals surface area contributed by atoms with Gasteiger partial charge in [0.05, 0.1) is 6.10 Å². The van der Waals surface area contributed by atoms with Crippen LogP contribution in [0.2, 0.25) is 0 Å². The number of fused-ring (bicyclic) bond motifs is 1. The van der Waals surface area contributed by atoms with Gasteiger partial charge in [0, 0.05) is 19.7 Å². The monoisotopic (exact) mass is 491 g/mol. The van der Waals surface area contributed by atoms with E-state index in [9.17, 15) is 5.11 Å². The average Bonchev–Trinajstić information content (AvgIpc) is 3.31. The van der Waals surface area contributed by atoms with E-state index in [1.165, 1.54) is 63.4 Å². The maximum Gasteiger partial charge on any atom is 0.187 e. The summed E-state index contributed by atoms with van der Waals surface area (Å²) in [6.45, 7) is 7.98. The Hall–Kier alpha value is -1.02. The van der Waals surface area contributed by atoms with Crippen LogP contribution in [0.4, 0.5) is 0 Å². The van der Waals surface area contributed by atoms with Gasteiger partial charge in [-0.15, -0.1) is 0 Å². The summed E-state index contributed by atoms with van der Waals surface area (Å²) in [5, 5.41) is 11.0. The summed E-state index contributed by atoms with van der Waals surface area (Å²) in [7, 11) is 2.01. The third-order valence-electron chi connectivity index (χ3n) is 7.00. The molecule has 1 N–H and O–H groups in total. The molecule has 0 aliphatic carbocycles. The van der Waals surface area contributed by atoms with E-state index in [0.29, 0.717) is 13.2 Å². The van der Waals surface area contributed by atoms with Crippen LogP contribution in [-0.4, -0.2) is 66.7 Å². The normalized spacial score (nSPS) is 26.3. The third kappa shape index (κ3) is 9.42. The molecule has 0 aromatic heterocycles. The van der Waals surface area contributed by atoms with Crippen molar-refractivity contribution in [2.24, 2.45) is 0 Å². The van der Waals surface area contributed by atoms with Gasteiger partial charge in [0.2, 0.25) is 0 Å². The predicted molar refractivity (Wildman–Crippen MR) is 139 cm³/mol. The summed E-state index contributed by atoms with van der Waals surface area (Å²) in [5.41, 5.74) is 1.21. The lowest BCUT2D eigenvalue weighted by Gasteiger charge is -2.28. The van der Waals surface area contributed by atoms with Gasteiger partial charge in [-0.25, -0.2) is 0 Å². The Morgan fingerprint density at radius 2 is 1.51 bits per heavy atom. The molecular formula is C29H49NO5. The van der Waals surface area contributed by atoms with Gasteiger partial charge in [-0.2, -0.15) is 0 Å².